The highest BCUT2D eigenvalue weighted by Crippen LogP contribution is 2.45. The van der Waals surface area contributed by atoms with Crippen molar-refractivity contribution in [2.75, 3.05) is 20.0 Å². The number of carboxylic acids is 1. The van der Waals surface area contributed by atoms with E-state index in [0.717, 1.165) is 4.90 Å². The number of oxime groups is 1. The third-order valence-corrected chi connectivity index (χ3v) is 4.60. The Hall–Kier alpha value is -1.58. The highest BCUT2D eigenvalue weighted by atomic mass is 32.2. The van der Waals surface area contributed by atoms with Crippen molar-refractivity contribution in [1.29, 1.82) is 0 Å². The summed E-state index contributed by atoms with van der Waals surface area (Å²) in [5.41, 5.74) is 5.10. The minimum absolute atomic E-state index is 0.116. The van der Waals surface area contributed by atoms with Gasteiger partial charge in [0.15, 0.2) is 0 Å². The molecule has 2 rings (SSSR count). The summed E-state index contributed by atoms with van der Waals surface area (Å²) in [6.45, 7) is 1.62. The van der Waals surface area contributed by atoms with Gasteiger partial charge in [0.05, 0.1) is 5.71 Å². The van der Waals surface area contributed by atoms with Gasteiger partial charge in [-0.1, -0.05) is 5.16 Å². The van der Waals surface area contributed by atoms with Crippen LogP contribution in [0.25, 0.3) is 0 Å². The molecule has 1 amide bonds. The number of hydrogen-bond donors (Lipinski definition) is 2. The van der Waals surface area contributed by atoms with Crippen molar-refractivity contribution >= 4 is 29.4 Å². The summed E-state index contributed by atoms with van der Waals surface area (Å²) in [4.78, 5) is 29.3. The summed E-state index contributed by atoms with van der Waals surface area (Å²) in [5.74, 6) is -1.42. The number of β-lactam (4-membered cyclic amide) rings is 1. The number of nitrogens with zero attached hydrogens (tertiary/aromatic N) is 2. The Kier molecular flexibility index (Phi) is 3.76. The van der Waals surface area contributed by atoms with E-state index in [1.807, 2.05) is 0 Å². The van der Waals surface area contributed by atoms with Crippen LogP contribution in [0.1, 0.15) is 6.92 Å². The molecular weight excluding hydrogens is 286 g/mol. The lowest BCUT2D eigenvalue weighted by molar-refractivity contribution is -0.182. The van der Waals surface area contributed by atoms with Gasteiger partial charge in [-0.2, -0.15) is 0 Å². The van der Waals surface area contributed by atoms with Crippen LogP contribution in [0.2, 0.25) is 0 Å². The average Bonchev–Trinajstić information content (AvgIpc) is 2.44. The number of carbonyl (C=O) groups excluding carboxylic acids is 1. The van der Waals surface area contributed by atoms with Crippen LogP contribution < -0.4 is 5.73 Å². The lowest BCUT2D eigenvalue weighted by Gasteiger charge is -2.54. The molecule has 2 heterocycles. The van der Waals surface area contributed by atoms with E-state index in [9.17, 15) is 14.7 Å². The van der Waals surface area contributed by atoms with Crippen molar-refractivity contribution in [1.82, 2.24) is 4.90 Å². The van der Waals surface area contributed by atoms with E-state index in [4.69, 9.17) is 10.5 Å². The molecule has 0 aliphatic carbocycles. The molecular formula is C11H15N3O5S. The number of ether oxygens (including phenoxy) is 1. The second-order valence-corrected chi connectivity index (χ2v) is 5.40. The Bertz CT molecular complexity index is 532. The van der Waals surface area contributed by atoms with Gasteiger partial charge >= 0.3 is 5.97 Å². The summed E-state index contributed by atoms with van der Waals surface area (Å²) in [7, 11) is 2.70. The third kappa shape index (κ3) is 1.89. The Labute approximate surface area is 119 Å². The predicted molar refractivity (Wildman–Crippen MR) is 71.8 cm³/mol. The molecule has 0 aromatic carbocycles. The first-order valence-electron chi connectivity index (χ1n) is 5.72. The molecule has 2 aliphatic rings. The smallest absolute Gasteiger partial charge is 0.353 e. The summed E-state index contributed by atoms with van der Waals surface area (Å²) >= 11 is 1.33. The van der Waals surface area contributed by atoms with Gasteiger partial charge in [0.2, 0.25) is 5.72 Å². The number of nitrogens with two attached hydrogens (primary N) is 1. The first-order valence-corrected chi connectivity index (χ1v) is 6.77. The maximum atomic E-state index is 12.1. The molecule has 0 aromatic rings. The van der Waals surface area contributed by atoms with Crippen LogP contribution in [0.4, 0.5) is 0 Å². The molecule has 0 bridgehead atoms. The van der Waals surface area contributed by atoms with E-state index in [-0.39, 0.29) is 5.70 Å². The number of amides is 1. The molecule has 8 nitrogen and oxygen atoms in total. The fourth-order valence-corrected chi connectivity index (χ4v) is 3.67. The van der Waals surface area contributed by atoms with Gasteiger partial charge in [-0.3, -0.25) is 15.4 Å². The largest absolute Gasteiger partial charge is 0.477 e. The minimum Gasteiger partial charge on any atom is -0.477 e. The molecule has 2 atom stereocenters. The molecule has 3 N–H and O–H groups in total. The van der Waals surface area contributed by atoms with Crippen LogP contribution in [0.3, 0.4) is 0 Å². The second-order valence-electron chi connectivity index (χ2n) is 4.33. The predicted octanol–water partition coefficient (Wildman–Crippen LogP) is -0.436. The lowest BCUT2D eigenvalue weighted by atomic mass is 9.98. The standard InChI is InChI=1S/C11H15N3O5S/c1-5(13-19-3)6-4-20-10-11(12,18-2)9(17)14(10)7(6)8(15)16/h10H,4,12H2,1-3H3,(H,15,16)/t10-,11-/m0/s1. The first-order chi connectivity index (χ1) is 9.38. The highest BCUT2D eigenvalue weighted by molar-refractivity contribution is 8.00. The molecule has 9 heteroatoms. The molecule has 0 saturated carbocycles. The number of rotatable bonds is 4. The minimum atomic E-state index is -1.47. The Morgan fingerprint density at radius 3 is 2.75 bits per heavy atom. The molecule has 110 valence electrons. The normalized spacial score (nSPS) is 30.0. The van der Waals surface area contributed by atoms with Gasteiger partial charge in [-0.05, 0) is 6.92 Å². The average molecular weight is 301 g/mol. The quantitative estimate of drug-likeness (QED) is 0.313. The Balaban J connectivity index is 2.46. The zero-order chi connectivity index (χ0) is 15.1. The van der Waals surface area contributed by atoms with Gasteiger partial charge in [0.1, 0.15) is 18.2 Å². The molecule has 1 fully saturated rings. The molecule has 20 heavy (non-hydrogen) atoms. The van der Waals surface area contributed by atoms with Gasteiger partial charge in [0, 0.05) is 18.4 Å². The van der Waals surface area contributed by atoms with Crippen molar-refractivity contribution in [2.24, 2.45) is 10.9 Å². The van der Waals surface area contributed by atoms with Crippen LogP contribution >= 0.6 is 11.8 Å². The summed E-state index contributed by atoms with van der Waals surface area (Å²) in [6.07, 6.45) is 0. The van der Waals surface area contributed by atoms with Crippen molar-refractivity contribution in [3.05, 3.63) is 11.3 Å². The zero-order valence-corrected chi connectivity index (χ0v) is 12.1. The molecule has 1 saturated heterocycles. The fourth-order valence-electron chi connectivity index (χ4n) is 2.21. The third-order valence-electron chi connectivity index (χ3n) is 3.27. The van der Waals surface area contributed by atoms with Crippen molar-refractivity contribution in [3.63, 3.8) is 0 Å². The van der Waals surface area contributed by atoms with Crippen LogP contribution in [0.5, 0.6) is 0 Å². The van der Waals surface area contributed by atoms with Crippen molar-refractivity contribution in [2.45, 2.75) is 18.0 Å². The number of carboxylic acid groups (broad SMARTS) is 1. The van der Waals surface area contributed by atoms with Crippen molar-refractivity contribution < 1.29 is 24.3 Å². The van der Waals surface area contributed by atoms with Gasteiger partial charge in [-0.15, -0.1) is 11.8 Å². The monoisotopic (exact) mass is 301 g/mol. The van der Waals surface area contributed by atoms with E-state index < -0.39 is 23.0 Å². The molecule has 0 unspecified atom stereocenters. The van der Waals surface area contributed by atoms with E-state index in [1.54, 1.807) is 6.92 Å². The van der Waals surface area contributed by atoms with Gasteiger partial charge in [-0.25, -0.2) is 4.79 Å². The molecule has 0 radical (unpaired) electrons. The maximum absolute atomic E-state index is 12.1. The van der Waals surface area contributed by atoms with E-state index in [1.165, 1.54) is 26.0 Å². The number of thioether (sulfide) groups is 1. The SMILES string of the molecule is CON=C(C)C1=C(C(=O)O)N2C(=O)[C@](N)(OC)[C@@H]2SC1. The molecule has 0 aromatic heterocycles. The molecule has 0 spiro atoms. The highest BCUT2D eigenvalue weighted by Gasteiger charge is 2.63. The second kappa shape index (κ2) is 5.08. The first kappa shape index (κ1) is 14.8. The summed E-state index contributed by atoms with van der Waals surface area (Å²) < 4.78 is 5.02. The topological polar surface area (TPSA) is 114 Å². The van der Waals surface area contributed by atoms with E-state index >= 15 is 0 Å². The number of fused-ring (bicyclic) bond motifs is 1. The zero-order valence-electron chi connectivity index (χ0n) is 11.2. The maximum Gasteiger partial charge on any atom is 0.353 e. The van der Waals surface area contributed by atoms with Crippen LogP contribution in [0.15, 0.2) is 16.4 Å². The van der Waals surface area contributed by atoms with Crippen LogP contribution in [0, 0.1) is 0 Å². The number of carbonyl (C=O) groups is 2. The fraction of sp³-hybridized carbons (Fsp3) is 0.545. The summed E-state index contributed by atoms with van der Waals surface area (Å²) in [5, 5.41) is 12.5. The van der Waals surface area contributed by atoms with E-state index in [2.05, 4.69) is 9.99 Å². The summed E-state index contributed by atoms with van der Waals surface area (Å²) in [6, 6.07) is 0. The number of methoxy groups -OCH3 is 1. The number of aliphatic carboxylic acids is 1. The molecule has 2 aliphatic heterocycles. The van der Waals surface area contributed by atoms with E-state index in [0.29, 0.717) is 17.0 Å². The van der Waals surface area contributed by atoms with Crippen molar-refractivity contribution in [3.8, 4) is 0 Å². The van der Waals surface area contributed by atoms with Crippen LogP contribution in [-0.4, -0.2) is 58.7 Å². The Morgan fingerprint density at radius 2 is 2.25 bits per heavy atom. The van der Waals surface area contributed by atoms with Gasteiger partial charge < -0.3 is 14.7 Å². The van der Waals surface area contributed by atoms with Crippen LogP contribution in [-0.2, 0) is 19.2 Å². The lowest BCUT2D eigenvalue weighted by Crippen LogP contribution is -2.78. The van der Waals surface area contributed by atoms with Gasteiger partial charge in [0.25, 0.3) is 5.91 Å². The number of hydrogen-bond acceptors (Lipinski definition) is 7. The Morgan fingerprint density at radius 1 is 1.60 bits per heavy atom.